The van der Waals surface area contributed by atoms with Crippen LogP contribution >= 0.6 is 11.3 Å². The van der Waals surface area contributed by atoms with Crippen molar-refractivity contribution in [1.82, 2.24) is 25.8 Å². The molecular weight excluding hydrogens is 436 g/mol. The Kier molecular flexibility index (Phi) is 4.67. The van der Waals surface area contributed by atoms with Crippen LogP contribution in [0, 0.1) is 12.3 Å². The van der Waals surface area contributed by atoms with E-state index in [1.165, 1.54) is 18.4 Å². The lowest BCUT2D eigenvalue weighted by Crippen LogP contribution is -2.75. The molecule has 5 heterocycles. The molecule has 1 spiro atoms. The number of hydrogen-bond acceptors (Lipinski definition) is 10. The van der Waals surface area contributed by atoms with Gasteiger partial charge in [-0.05, 0) is 32.4 Å². The zero-order chi connectivity index (χ0) is 22.8. The number of aromatic nitrogens is 3. The number of morpholine rings is 1. The van der Waals surface area contributed by atoms with E-state index in [1.54, 1.807) is 0 Å². The van der Waals surface area contributed by atoms with Crippen molar-refractivity contribution in [3.63, 3.8) is 0 Å². The standard InChI is InChI=1S/C20H22N6O5S/c1-8-7-26-13(9(2)31-8)20(17(27)22-19(29)23-18(20)28)6-11-5-12(15(30-4)21-14(11)26)16-25-24-10(3)32-16/h5,8-9,13H,6-7H2,1-4H3,(H2,22,23,27,28,29)/t8-,9-,13+/m1/s1. The van der Waals surface area contributed by atoms with E-state index in [4.69, 9.17) is 14.5 Å². The monoisotopic (exact) mass is 458 g/mol. The first kappa shape index (κ1) is 20.8. The van der Waals surface area contributed by atoms with E-state index in [0.29, 0.717) is 34.4 Å². The molecule has 0 aromatic carbocycles. The van der Waals surface area contributed by atoms with Crippen LogP contribution in [0.1, 0.15) is 24.4 Å². The van der Waals surface area contributed by atoms with Gasteiger partial charge in [0.25, 0.3) is 0 Å². The molecule has 2 aromatic heterocycles. The Morgan fingerprint density at radius 1 is 1.22 bits per heavy atom. The summed E-state index contributed by atoms with van der Waals surface area (Å²) in [6, 6.07) is 0.380. The number of amides is 4. The number of methoxy groups -OCH3 is 1. The number of nitrogens with zero attached hydrogens (tertiary/aromatic N) is 4. The summed E-state index contributed by atoms with van der Waals surface area (Å²) in [6.45, 7) is 6.02. The minimum atomic E-state index is -1.55. The summed E-state index contributed by atoms with van der Waals surface area (Å²) >= 11 is 1.39. The number of carbonyl (C=O) groups is 3. The van der Waals surface area contributed by atoms with Crippen molar-refractivity contribution in [3.8, 4) is 16.5 Å². The molecule has 0 unspecified atom stereocenters. The van der Waals surface area contributed by atoms with Gasteiger partial charge in [-0.2, -0.15) is 4.98 Å². The molecule has 168 valence electrons. The van der Waals surface area contributed by atoms with Crippen LogP contribution in [0.25, 0.3) is 10.6 Å². The Bertz CT molecular complexity index is 1130. The Hall–Kier alpha value is -3.12. The predicted octanol–water partition coefficient (Wildman–Crippen LogP) is 0.808. The van der Waals surface area contributed by atoms with Crippen molar-refractivity contribution in [1.29, 1.82) is 0 Å². The van der Waals surface area contributed by atoms with Gasteiger partial charge in [-0.3, -0.25) is 20.2 Å². The van der Waals surface area contributed by atoms with E-state index in [9.17, 15) is 14.4 Å². The highest BCUT2D eigenvalue weighted by atomic mass is 32.1. The van der Waals surface area contributed by atoms with Crippen molar-refractivity contribution < 1.29 is 23.9 Å². The molecule has 3 atom stereocenters. The molecule has 11 nitrogen and oxygen atoms in total. The number of rotatable bonds is 2. The van der Waals surface area contributed by atoms with Crippen LogP contribution in [0.5, 0.6) is 5.88 Å². The number of carbonyl (C=O) groups excluding carboxylic acids is 3. The lowest BCUT2D eigenvalue weighted by atomic mass is 9.67. The molecule has 0 bridgehead atoms. The maximum atomic E-state index is 13.2. The number of urea groups is 1. The molecule has 4 amide bonds. The second-order valence-electron chi connectivity index (χ2n) is 8.29. The average molecular weight is 459 g/mol. The first-order chi connectivity index (χ1) is 15.2. The third kappa shape index (κ3) is 2.89. The van der Waals surface area contributed by atoms with Gasteiger partial charge in [0.05, 0.1) is 30.9 Å². The molecule has 3 aliphatic heterocycles. The quantitative estimate of drug-likeness (QED) is 0.627. The summed E-state index contributed by atoms with van der Waals surface area (Å²) in [4.78, 5) is 45.0. The van der Waals surface area contributed by atoms with Gasteiger partial charge in [-0.15, -0.1) is 10.2 Å². The van der Waals surface area contributed by atoms with Crippen molar-refractivity contribution in [2.75, 3.05) is 18.6 Å². The maximum Gasteiger partial charge on any atom is 0.328 e. The lowest BCUT2D eigenvalue weighted by molar-refractivity contribution is -0.153. The van der Waals surface area contributed by atoms with Crippen molar-refractivity contribution in [2.45, 2.75) is 45.4 Å². The van der Waals surface area contributed by atoms with Crippen LogP contribution in [0.15, 0.2) is 6.07 Å². The fourth-order valence-electron chi connectivity index (χ4n) is 5.03. The van der Waals surface area contributed by atoms with Gasteiger partial charge in [0.1, 0.15) is 10.8 Å². The Balaban J connectivity index is 1.72. The topological polar surface area (TPSA) is 136 Å². The van der Waals surface area contributed by atoms with E-state index >= 15 is 0 Å². The van der Waals surface area contributed by atoms with Gasteiger partial charge >= 0.3 is 6.03 Å². The molecule has 2 N–H and O–H groups in total. The summed E-state index contributed by atoms with van der Waals surface area (Å²) in [6.07, 6.45) is -0.563. The van der Waals surface area contributed by atoms with Gasteiger partial charge in [0.2, 0.25) is 17.7 Å². The highest BCUT2D eigenvalue weighted by Crippen LogP contribution is 2.48. The first-order valence-electron chi connectivity index (χ1n) is 10.2. The zero-order valence-corrected chi connectivity index (χ0v) is 18.8. The third-order valence-electron chi connectivity index (χ3n) is 6.19. The minimum Gasteiger partial charge on any atom is -0.480 e. The van der Waals surface area contributed by atoms with Crippen LogP contribution in [0.3, 0.4) is 0 Å². The molecule has 0 radical (unpaired) electrons. The number of ether oxygens (including phenoxy) is 2. The van der Waals surface area contributed by atoms with Gasteiger partial charge in [-0.25, -0.2) is 4.79 Å². The minimum absolute atomic E-state index is 0.0539. The number of anilines is 1. The van der Waals surface area contributed by atoms with Crippen LogP contribution in [-0.2, 0) is 20.7 Å². The number of barbiturate groups is 1. The van der Waals surface area contributed by atoms with E-state index in [-0.39, 0.29) is 12.5 Å². The predicted molar refractivity (Wildman–Crippen MR) is 113 cm³/mol. The molecule has 2 fully saturated rings. The Labute approximate surface area is 187 Å². The maximum absolute atomic E-state index is 13.2. The van der Waals surface area contributed by atoms with E-state index in [1.807, 2.05) is 31.7 Å². The molecule has 0 aliphatic carbocycles. The van der Waals surface area contributed by atoms with Gasteiger partial charge < -0.3 is 14.4 Å². The van der Waals surface area contributed by atoms with Gasteiger partial charge in [-0.1, -0.05) is 11.3 Å². The van der Waals surface area contributed by atoms with Gasteiger partial charge in [0, 0.05) is 13.0 Å². The van der Waals surface area contributed by atoms with Crippen molar-refractivity contribution >= 4 is 35.0 Å². The summed E-state index contributed by atoms with van der Waals surface area (Å²) < 4.78 is 11.6. The van der Waals surface area contributed by atoms with Crippen LogP contribution in [-0.4, -0.2) is 64.9 Å². The van der Waals surface area contributed by atoms with Crippen LogP contribution < -0.4 is 20.3 Å². The number of imide groups is 2. The molecule has 32 heavy (non-hydrogen) atoms. The number of pyridine rings is 1. The van der Waals surface area contributed by atoms with Crippen molar-refractivity contribution in [3.05, 3.63) is 16.6 Å². The second-order valence-corrected chi connectivity index (χ2v) is 9.47. The smallest absolute Gasteiger partial charge is 0.328 e. The fraction of sp³-hybridized carbons (Fsp3) is 0.500. The van der Waals surface area contributed by atoms with Crippen LogP contribution in [0.2, 0.25) is 0 Å². The van der Waals surface area contributed by atoms with Crippen LogP contribution in [0.4, 0.5) is 10.6 Å². The molecule has 3 aliphatic rings. The Morgan fingerprint density at radius 3 is 2.56 bits per heavy atom. The second kappa shape index (κ2) is 7.20. The number of fused-ring (bicyclic) bond motifs is 4. The van der Waals surface area contributed by atoms with E-state index in [0.717, 1.165) is 5.01 Å². The van der Waals surface area contributed by atoms with E-state index < -0.39 is 35.4 Å². The van der Waals surface area contributed by atoms with E-state index in [2.05, 4.69) is 20.8 Å². The average Bonchev–Trinajstić information content (AvgIpc) is 3.16. The highest BCUT2D eigenvalue weighted by molar-refractivity contribution is 7.14. The summed E-state index contributed by atoms with van der Waals surface area (Å²) in [5.41, 5.74) is -0.233. The first-order valence-corrected chi connectivity index (χ1v) is 11.0. The largest absolute Gasteiger partial charge is 0.480 e. The summed E-state index contributed by atoms with van der Waals surface area (Å²) in [5, 5.41) is 14.3. The number of nitrogens with one attached hydrogen (secondary N) is 2. The summed E-state index contributed by atoms with van der Waals surface area (Å²) in [5.74, 6) is -0.266. The zero-order valence-electron chi connectivity index (χ0n) is 18.0. The molecule has 0 saturated carbocycles. The highest BCUT2D eigenvalue weighted by Gasteiger charge is 2.63. The lowest BCUT2D eigenvalue weighted by Gasteiger charge is -2.54. The number of hydrogen-bond donors (Lipinski definition) is 2. The SMILES string of the molecule is COc1nc2c(cc1-c1nnc(C)s1)CC1(C(=O)NC(=O)NC1=O)[C@@H]1[C@@H](C)O[C@H](C)CN21. The molecule has 12 heteroatoms. The fourth-order valence-corrected chi connectivity index (χ4v) is 5.73. The molecule has 2 saturated heterocycles. The molecule has 2 aromatic rings. The number of aryl methyl sites for hydroxylation is 1. The third-order valence-corrected chi connectivity index (χ3v) is 7.06. The Morgan fingerprint density at radius 2 is 1.94 bits per heavy atom. The summed E-state index contributed by atoms with van der Waals surface area (Å²) in [7, 11) is 1.53. The van der Waals surface area contributed by atoms with Crippen molar-refractivity contribution in [2.24, 2.45) is 5.41 Å². The normalized spacial score (nSPS) is 26.3. The molecule has 5 rings (SSSR count). The molecular formula is C20H22N6O5S. The van der Waals surface area contributed by atoms with Gasteiger partial charge in [0.15, 0.2) is 10.4 Å².